The van der Waals surface area contributed by atoms with E-state index in [9.17, 15) is 9.59 Å². The lowest BCUT2D eigenvalue weighted by atomic mass is 10.1. The highest BCUT2D eigenvalue weighted by Gasteiger charge is 2.35. The van der Waals surface area contributed by atoms with Crippen LogP contribution >= 0.6 is 11.6 Å². The first-order chi connectivity index (χ1) is 10.5. The fourth-order valence-electron chi connectivity index (χ4n) is 2.27. The molecule has 6 heteroatoms. The van der Waals surface area contributed by atoms with Gasteiger partial charge in [-0.15, -0.1) is 0 Å². The molecule has 0 spiro atoms. The molecule has 0 radical (unpaired) electrons. The lowest BCUT2D eigenvalue weighted by molar-refractivity contribution is -0.125. The number of halogens is 1. The van der Waals surface area contributed by atoms with Crippen LogP contribution in [0.25, 0.3) is 0 Å². The van der Waals surface area contributed by atoms with Crippen LogP contribution in [0.4, 0.5) is 0 Å². The monoisotopic (exact) mass is 315 g/mol. The van der Waals surface area contributed by atoms with E-state index >= 15 is 0 Å². The van der Waals surface area contributed by atoms with Crippen LogP contribution in [0.1, 0.15) is 30.6 Å². The van der Waals surface area contributed by atoms with Gasteiger partial charge in [-0.05, 0) is 37.6 Å². The van der Waals surface area contributed by atoms with E-state index < -0.39 is 11.8 Å². The highest BCUT2D eigenvalue weighted by atomic mass is 35.5. The molecule has 1 aromatic carbocycles. The van der Waals surface area contributed by atoms with E-state index in [4.69, 9.17) is 16.9 Å². The summed E-state index contributed by atoms with van der Waals surface area (Å²) in [6.45, 7) is 3.61. The number of nitrogens with one attached hydrogen (secondary N) is 1. The van der Waals surface area contributed by atoms with Gasteiger partial charge in [-0.3, -0.25) is 15.0 Å². The van der Waals surface area contributed by atoms with Crippen LogP contribution in [0.3, 0.4) is 0 Å². The Balaban J connectivity index is 2.27. The molecule has 2 rings (SSSR count). The Morgan fingerprint density at radius 1 is 1.41 bits per heavy atom. The Kier molecular flexibility index (Phi) is 4.64. The van der Waals surface area contributed by atoms with E-state index in [0.29, 0.717) is 28.3 Å². The summed E-state index contributed by atoms with van der Waals surface area (Å²) >= 11 is 5.78. The van der Waals surface area contributed by atoms with E-state index in [2.05, 4.69) is 5.43 Å². The standard InChI is InChI=1S/C16H14ClN3O2/c1-3-12-13(9-18)16(22)20(14(12)4-2)19-15(21)10-5-7-11(17)8-6-10/h4-8H,3H2,1-2H3,(H,19,21)/b14-4-. The van der Waals surface area contributed by atoms with Crippen LogP contribution in [0, 0.1) is 11.3 Å². The van der Waals surface area contributed by atoms with Gasteiger partial charge in [0.2, 0.25) is 0 Å². The topological polar surface area (TPSA) is 73.2 Å². The number of hydrogen-bond donors (Lipinski definition) is 1. The first-order valence-corrected chi connectivity index (χ1v) is 7.12. The molecule has 0 saturated heterocycles. The van der Waals surface area contributed by atoms with Gasteiger partial charge in [-0.2, -0.15) is 5.26 Å². The van der Waals surface area contributed by atoms with Crippen molar-refractivity contribution in [1.82, 2.24) is 10.4 Å². The number of nitrogens with zero attached hydrogens (tertiary/aromatic N) is 2. The average molecular weight is 316 g/mol. The predicted octanol–water partition coefficient (Wildman–Crippen LogP) is 2.96. The van der Waals surface area contributed by atoms with E-state index in [1.54, 1.807) is 37.3 Å². The van der Waals surface area contributed by atoms with Crippen LogP contribution in [0.2, 0.25) is 5.02 Å². The maximum Gasteiger partial charge on any atom is 0.288 e. The molecule has 1 aliphatic heterocycles. The second-order valence-corrected chi connectivity index (χ2v) is 5.02. The second-order valence-electron chi connectivity index (χ2n) is 4.58. The van der Waals surface area contributed by atoms with Crippen molar-refractivity contribution in [2.75, 3.05) is 0 Å². The van der Waals surface area contributed by atoms with Gasteiger partial charge >= 0.3 is 0 Å². The van der Waals surface area contributed by atoms with Crippen LogP contribution in [-0.2, 0) is 4.79 Å². The largest absolute Gasteiger partial charge is 0.288 e. The minimum absolute atomic E-state index is 0.0620. The third-order valence-electron chi connectivity index (χ3n) is 3.33. The van der Waals surface area contributed by atoms with E-state index in [1.165, 1.54) is 0 Å². The van der Waals surface area contributed by atoms with Gasteiger partial charge < -0.3 is 0 Å². The SMILES string of the molecule is C/C=C1/C(CC)=C(C#N)C(=O)N1NC(=O)c1ccc(Cl)cc1. The molecule has 112 valence electrons. The molecule has 22 heavy (non-hydrogen) atoms. The molecule has 0 unspecified atom stereocenters. The molecule has 0 aliphatic carbocycles. The first kappa shape index (κ1) is 15.8. The van der Waals surface area contributed by atoms with Gasteiger partial charge in [0.15, 0.2) is 0 Å². The molecular weight excluding hydrogens is 302 g/mol. The predicted molar refractivity (Wildman–Crippen MR) is 82.5 cm³/mol. The highest BCUT2D eigenvalue weighted by Crippen LogP contribution is 2.29. The molecule has 0 bridgehead atoms. The third-order valence-corrected chi connectivity index (χ3v) is 3.58. The van der Waals surface area contributed by atoms with Crippen LogP contribution in [0.5, 0.6) is 0 Å². The zero-order valence-electron chi connectivity index (χ0n) is 12.2. The van der Waals surface area contributed by atoms with Gasteiger partial charge in [0.25, 0.3) is 11.8 Å². The lowest BCUT2D eigenvalue weighted by Gasteiger charge is -2.20. The van der Waals surface area contributed by atoms with Crippen molar-refractivity contribution >= 4 is 23.4 Å². The Morgan fingerprint density at radius 3 is 2.55 bits per heavy atom. The number of benzene rings is 1. The van der Waals surface area contributed by atoms with Gasteiger partial charge in [-0.1, -0.05) is 24.6 Å². The summed E-state index contributed by atoms with van der Waals surface area (Å²) in [4.78, 5) is 24.5. The Morgan fingerprint density at radius 2 is 2.05 bits per heavy atom. The summed E-state index contributed by atoms with van der Waals surface area (Å²) in [6, 6.07) is 8.22. The Bertz CT molecular complexity index is 727. The normalized spacial score (nSPS) is 16.2. The smallest absolute Gasteiger partial charge is 0.267 e. The van der Waals surface area contributed by atoms with Crippen LogP contribution in [-0.4, -0.2) is 16.8 Å². The molecule has 1 heterocycles. The van der Waals surface area contributed by atoms with Gasteiger partial charge in [0, 0.05) is 16.2 Å². The Hall–Kier alpha value is -2.58. The maximum absolute atomic E-state index is 12.3. The van der Waals surface area contributed by atoms with Crippen LogP contribution in [0.15, 0.2) is 47.2 Å². The molecule has 2 amide bonds. The zero-order valence-corrected chi connectivity index (χ0v) is 12.9. The molecular formula is C16H14ClN3O2. The number of carbonyl (C=O) groups excluding carboxylic acids is 2. The fourth-order valence-corrected chi connectivity index (χ4v) is 2.39. The molecule has 0 aromatic heterocycles. The van der Waals surface area contributed by atoms with Gasteiger partial charge in [0.05, 0.1) is 5.70 Å². The van der Waals surface area contributed by atoms with Crippen molar-refractivity contribution in [2.45, 2.75) is 20.3 Å². The molecule has 0 fully saturated rings. The third kappa shape index (κ3) is 2.74. The highest BCUT2D eigenvalue weighted by molar-refractivity contribution is 6.30. The van der Waals surface area contributed by atoms with Crippen molar-refractivity contribution < 1.29 is 9.59 Å². The Labute approximate surface area is 133 Å². The van der Waals surface area contributed by atoms with Crippen molar-refractivity contribution in [2.24, 2.45) is 0 Å². The number of carbonyl (C=O) groups is 2. The number of hydrogen-bond acceptors (Lipinski definition) is 3. The van der Waals surface area contributed by atoms with E-state index in [-0.39, 0.29) is 5.57 Å². The van der Waals surface area contributed by atoms with Crippen LogP contribution < -0.4 is 5.43 Å². The molecule has 1 N–H and O–H groups in total. The summed E-state index contributed by atoms with van der Waals surface area (Å²) in [5.41, 5.74) is 4.13. The summed E-state index contributed by atoms with van der Waals surface area (Å²) < 4.78 is 0. The minimum atomic E-state index is -0.519. The van der Waals surface area contributed by atoms with Gasteiger partial charge in [0.1, 0.15) is 11.6 Å². The molecule has 1 aliphatic rings. The molecule has 5 nitrogen and oxygen atoms in total. The minimum Gasteiger partial charge on any atom is -0.267 e. The maximum atomic E-state index is 12.3. The lowest BCUT2D eigenvalue weighted by Crippen LogP contribution is -2.43. The summed E-state index contributed by atoms with van der Waals surface area (Å²) in [5.74, 6) is -0.964. The van der Waals surface area contributed by atoms with Crippen molar-refractivity contribution in [3.8, 4) is 6.07 Å². The summed E-state index contributed by atoms with van der Waals surface area (Å²) in [5, 5.41) is 10.8. The van der Waals surface area contributed by atoms with E-state index in [0.717, 1.165) is 5.01 Å². The van der Waals surface area contributed by atoms with Crippen molar-refractivity contribution in [3.63, 3.8) is 0 Å². The fraction of sp³-hybridized carbons (Fsp3) is 0.188. The number of hydrazine groups is 1. The first-order valence-electron chi connectivity index (χ1n) is 6.74. The zero-order chi connectivity index (χ0) is 16.3. The summed E-state index contributed by atoms with van der Waals surface area (Å²) in [6.07, 6.45) is 2.23. The number of allylic oxidation sites excluding steroid dienone is 2. The average Bonchev–Trinajstić information content (AvgIpc) is 2.78. The van der Waals surface area contributed by atoms with Gasteiger partial charge in [-0.25, -0.2) is 5.01 Å². The van der Waals surface area contributed by atoms with Crippen molar-refractivity contribution in [1.29, 1.82) is 5.26 Å². The number of amides is 2. The summed E-state index contributed by atoms with van der Waals surface area (Å²) in [7, 11) is 0. The quantitative estimate of drug-likeness (QED) is 0.932. The number of nitriles is 1. The molecule has 0 atom stereocenters. The van der Waals surface area contributed by atoms with Crippen molar-refractivity contribution in [3.05, 3.63) is 57.8 Å². The second kappa shape index (κ2) is 6.46. The molecule has 1 aromatic rings. The molecule has 0 saturated carbocycles. The van der Waals surface area contributed by atoms with E-state index in [1.807, 2.05) is 13.0 Å². The number of rotatable bonds is 3.